The van der Waals surface area contributed by atoms with Crippen molar-refractivity contribution >= 4 is 5.69 Å². The number of hydrogen-bond donors (Lipinski definition) is 1. The highest BCUT2D eigenvalue weighted by Crippen LogP contribution is 2.33. The fourth-order valence-electron chi connectivity index (χ4n) is 2.57. The number of rotatable bonds is 1. The molecule has 15 heavy (non-hydrogen) atoms. The number of nitrogens with two attached hydrogens (primary N) is 1. The molecule has 0 aliphatic carbocycles. The molecule has 2 heteroatoms. The Morgan fingerprint density at radius 1 is 1.40 bits per heavy atom. The van der Waals surface area contributed by atoms with Gasteiger partial charge in [-0.1, -0.05) is 26.8 Å². The second-order valence-corrected chi connectivity index (χ2v) is 5.10. The van der Waals surface area contributed by atoms with Crippen molar-refractivity contribution in [3.8, 4) is 0 Å². The maximum Gasteiger partial charge on any atom is 0.0317 e. The van der Waals surface area contributed by atoms with Gasteiger partial charge in [-0.3, -0.25) is 4.90 Å². The van der Waals surface area contributed by atoms with Crippen LogP contribution < -0.4 is 5.73 Å². The molecule has 0 unspecified atom stereocenters. The second kappa shape index (κ2) is 3.53. The van der Waals surface area contributed by atoms with Crippen molar-refractivity contribution in [2.75, 3.05) is 18.8 Å². The van der Waals surface area contributed by atoms with E-state index in [0.717, 1.165) is 25.3 Å². The van der Waals surface area contributed by atoms with Crippen molar-refractivity contribution in [3.63, 3.8) is 0 Å². The Morgan fingerprint density at radius 2 is 2.13 bits per heavy atom. The molecule has 0 saturated heterocycles. The van der Waals surface area contributed by atoms with E-state index >= 15 is 0 Å². The number of benzene rings is 1. The normalized spacial score (nSPS) is 19.9. The summed E-state index contributed by atoms with van der Waals surface area (Å²) in [6.45, 7) is 10.1. The molecule has 1 heterocycles. The summed E-state index contributed by atoms with van der Waals surface area (Å²) in [7, 11) is 0. The van der Waals surface area contributed by atoms with Gasteiger partial charge in [0.05, 0.1) is 0 Å². The van der Waals surface area contributed by atoms with Gasteiger partial charge in [-0.25, -0.2) is 0 Å². The predicted molar refractivity (Wildman–Crippen MR) is 64.8 cm³/mol. The number of fused-ring (bicyclic) bond motifs is 1. The van der Waals surface area contributed by atoms with E-state index in [1.54, 1.807) is 0 Å². The third-order valence-electron chi connectivity index (χ3n) is 3.32. The van der Waals surface area contributed by atoms with Crippen LogP contribution in [-0.4, -0.2) is 18.0 Å². The van der Waals surface area contributed by atoms with Crippen molar-refractivity contribution in [2.24, 2.45) is 0 Å². The van der Waals surface area contributed by atoms with Crippen molar-refractivity contribution in [3.05, 3.63) is 29.3 Å². The van der Waals surface area contributed by atoms with Crippen LogP contribution in [0.25, 0.3) is 0 Å². The van der Waals surface area contributed by atoms with Crippen molar-refractivity contribution in [1.29, 1.82) is 0 Å². The highest BCUT2D eigenvalue weighted by molar-refractivity contribution is 5.48. The molecule has 0 radical (unpaired) electrons. The molecule has 0 aromatic heterocycles. The largest absolute Gasteiger partial charge is 0.399 e. The fourth-order valence-corrected chi connectivity index (χ4v) is 2.57. The van der Waals surface area contributed by atoms with Crippen LogP contribution in [-0.2, 0) is 12.0 Å². The second-order valence-electron chi connectivity index (χ2n) is 5.10. The minimum absolute atomic E-state index is 0.247. The summed E-state index contributed by atoms with van der Waals surface area (Å²) in [5.41, 5.74) is 9.82. The lowest BCUT2D eigenvalue weighted by Crippen LogP contribution is -2.41. The molecule has 0 atom stereocenters. The van der Waals surface area contributed by atoms with Gasteiger partial charge in [-0.2, -0.15) is 0 Å². The Bertz CT molecular complexity index is 369. The van der Waals surface area contributed by atoms with Crippen LogP contribution in [0.5, 0.6) is 0 Å². The molecule has 0 fully saturated rings. The van der Waals surface area contributed by atoms with Gasteiger partial charge in [-0.15, -0.1) is 0 Å². The molecule has 1 aliphatic heterocycles. The first kappa shape index (κ1) is 10.5. The first-order chi connectivity index (χ1) is 7.03. The van der Waals surface area contributed by atoms with Crippen LogP contribution in [0.3, 0.4) is 0 Å². The average molecular weight is 204 g/mol. The number of nitrogens with zero attached hydrogens (tertiary/aromatic N) is 1. The van der Waals surface area contributed by atoms with Crippen LogP contribution in [0, 0.1) is 0 Å². The Hall–Kier alpha value is -1.02. The van der Waals surface area contributed by atoms with E-state index in [1.807, 2.05) is 6.07 Å². The lowest BCUT2D eigenvalue weighted by molar-refractivity contribution is 0.204. The highest BCUT2D eigenvalue weighted by Gasteiger charge is 2.30. The number of likely N-dealkylation sites (N-methyl/N-ethyl adjacent to an activating group) is 1. The monoisotopic (exact) mass is 204 g/mol. The molecule has 0 bridgehead atoms. The molecule has 2 rings (SSSR count). The number of anilines is 1. The van der Waals surface area contributed by atoms with E-state index in [-0.39, 0.29) is 5.41 Å². The van der Waals surface area contributed by atoms with E-state index in [0.29, 0.717) is 0 Å². The molecule has 1 aliphatic rings. The van der Waals surface area contributed by atoms with Crippen molar-refractivity contribution < 1.29 is 0 Å². The molecule has 2 N–H and O–H groups in total. The molecular weight excluding hydrogens is 184 g/mol. The summed E-state index contributed by atoms with van der Waals surface area (Å²) < 4.78 is 0. The lowest BCUT2D eigenvalue weighted by Gasteiger charge is -2.39. The van der Waals surface area contributed by atoms with Crippen LogP contribution >= 0.6 is 0 Å². The highest BCUT2D eigenvalue weighted by atomic mass is 15.1. The third-order valence-corrected chi connectivity index (χ3v) is 3.32. The molecule has 1 aromatic carbocycles. The first-order valence-corrected chi connectivity index (χ1v) is 5.64. The molecular formula is C13H20N2. The van der Waals surface area contributed by atoms with E-state index < -0.39 is 0 Å². The SMILES string of the molecule is CCN1Cc2cc(N)ccc2C(C)(C)C1. The van der Waals surface area contributed by atoms with Gasteiger partial charge in [0.25, 0.3) is 0 Å². The number of hydrogen-bond acceptors (Lipinski definition) is 2. The maximum atomic E-state index is 5.84. The molecule has 2 nitrogen and oxygen atoms in total. The van der Waals surface area contributed by atoms with Gasteiger partial charge in [0.15, 0.2) is 0 Å². The maximum absolute atomic E-state index is 5.84. The van der Waals surface area contributed by atoms with Gasteiger partial charge in [0.2, 0.25) is 0 Å². The lowest BCUT2D eigenvalue weighted by atomic mass is 9.78. The van der Waals surface area contributed by atoms with E-state index in [4.69, 9.17) is 5.73 Å². The van der Waals surface area contributed by atoms with E-state index in [9.17, 15) is 0 Å². The Kier molecular flexibility index (Phi) is 2.47. The quantitative estimate of drug-likeness (QED) is 0.712. The Balaban J connectivity index is 2.45. The average Bonchev–Trinajstić information content (AvgIpc) is 2.15. The molecule has 0 amide bonds. The Labute approximate surface area is 92.1 Å². The van der Waals surface area contributed by atoms with Gasteiger partial charge in [0.1, 0.15) is 0 Å². The van der Waals surface area contributed by atoms with Crippen molar-refractivity contribution in [1.82, 2.24) is 4.90 Å². The van der Waals surface area contributed by atoms with Gasteiger partial charge in [-0.05, 0) is 29.8 Å². The van der Waals surface area contributed by atoms with E-state index in [2.05, 4.69) is 37.8 Å². The first-order valence-electron chi connectivity index (χ1n) is 5.64. The molecule has 0 spiro atoms. The van der Waals surface area contributed by atoms with Crippen LogP contribution in [0.15, 0.2) is 18.2 Å². The summed E-state index contributed by atoms with van der Waals surface area (Å²) in [4.78, 5) is 2.47. The van der Waals surface area contributed by atoms with Crippen molar-refractivity contribution in [2.45, 2.75) is 32.7 Å². The number of nitrogen functional groups attached to an aromatic ring is 1. The van der Waals surface area contributed by atoms with Crippen LogP contribution in [0.4, 0.5) is 5.69 Å². The molecule has 0 saturated carbocycles. The summed E-state index contributed by atoms with van der Waals surface area (Å²) in [6.07, 6.45) is 0. The van der Waals surface area contributed by atoms with Gasteiger partial charge >= 0.3 is 0 Å². The summed E-state index contributed by atoms with van der Waals surface area (Å²) in [5, 5.41) is 0. The minimum atomic E-state index is 0.247. The van der Waals surface area contributed by atoms with Gasteiger partial charge < -0.3 is 5.73 Å². The van der Waals surface area contributed by atoms with Crippen LogP contribution in [0.2, 0.25) is 0 Å². The van der Waals surface area contributed by atoms with Gasteiger partial charge in [0, 0.05) is 24.2 Å². The standard InChI is InChI=1S/C13H20N2/c1-4-15-8-10-7-11(14)5-6-12(10)13(2,3)9-15/h5-7H,4,8-9,14H2,1-3H3. The van der Waals surface area contributed by atoms with E-state index in [1.165, 1.54) is 11.1 Å². The topological polar surface area (TPSA) is 29.3 Å². The zero-order valence-electron chi connectivity index (χ0n) is 9.88. The summed E-state index contributed by atoms with van der Waals surface area (Å²) in [6, 6.07) is 6.33. The zero-order valence-corrected chi connectivity index (χ0v) is 9.88. The smallest absolute Gasteiger partial charge is 0.0317 e. The summed E-state index contributed by atoms with van der Waals surface area (Å²) in [5.74, 6) is 0. The predicted octanol–water partition coefficient (Wildman–Crippen LogP) is 2.38. The zero-order chi connectivity index (χ0) is 11.1. The fraction of sp³-hybridized carbons (Fsp3) is 0.538. The third kappa shape index (κ3) is 1.86. The molecule has 82 valence electrons. The van der Waals surface area contributed by atoms with Crippen LogP contribution in [0.1, 0.15) is 31.9 Å². The minimum Gasteiger partial charge on any atom is -0.399 e. The Morgan fingerprint density at radius 3 is 2.80 bits per heavy atom. The molecule has 1 aromatic rings. The summed E-state index contributed by atoms with van der Waals surface area (Å²) >= 11 is 0.